The molecule has 0 saturated heterocycles. The van der Waals surface area contributed by atoms with Gasteiger partial charge in [0.05, 0.1) is 11.6 Å². The summed E-state index contributed by atoms with van der Waals surface area (Å²) in [4.78, 5) is 0.820. The number of halogens is 1. The first-order valence-corrected chi connectivity index (χ1v) is 10.6. The Bertz CT molecular complexity index is 1080. The van der Waals surface area contributed by atoms with Gasteiger partial charge >= 0.3 is 0 Å². The highest BCUT2D eigenvalue weighted by atomic mass is 35.5. The van der Waals surface area contributed by atoms with Crippen molar-refractivity contribution in [3.05, 3.63) is 82.2 Å². The van der Waals surface area contributed by atoms with Gasteiger partial charge in [-0.15, -0.1) is 0 Å². The summed E-state index contributed by atoms with van der Waals surface area (Å²) in [5.74, 6) is -0.408. The van der Waals surface area contributed by atoms with Gasteiger partial charge in [0.1, 0.15) is 5.02 Å². The van der Waals surface area contributed by atoms with Crippen LogP contribution >= 0.6 is 23.4 Å². The van der Waals surface area contributed by atoms with Gasteiger partial charge in [-0.3, -0.25) is 0 Å². The minimum Gasteiger partial charge on any atom is -0.359 e. The molecule has 0 aliphatic carbocycles. The van der Waals surface area contributed by atoms with Crippen molar-refractivity contribution < 1.29 is 12.9 Å². The maximum Gasteiger partial charge on any atom is 0.229 e. The van der Waals surface area contributed by atoms with E-state index in [1.807, 2.05) is 30.3 Å². The zero-order chi connectivity index (χ0) is 18.5. The average molecular weight is 407 g/mol. The predicted octanol–water partition coefficient (Wildman–Crippen LogP) is 4.02. The number of nitrogens with zero attached hydrogens (tertiary/aromatic N) is 1. The van der Waals surface area contributed by atoms with Gasteiger partial charge in [-0.2, -0.15) is 0 Å². The van der Waals surface area contributed by atoms with Crippen molar-refractivity contribution in [2.45, 2.75) is 21.8 Å². The lowest BCUT2D eigenvalue weighted by Gasteiger charge is -2.31. The van der Waals surface area contributed by atoms with E-state index in [1.165, 1.54) is 11.8 Å². The molecular formula is C18H15ClN2O3S2. The number of benzene rings is 2. The second-order valence-electron chi connectivity index (χ2n) is 6.10. The fourth-order valence-corrected chi connectivity index (χ4v) is 6.71. The van der Waals surface area contributed by atoms with Crippen molar-refractivity contribution >= 4 is 33.4 Å². The van der Waals surface area contributed by atoms with E-state index in [0.29, 0.717) is 22.0 Å². The number of thioether (sulfide) groups is 1. The maximum atomic E-state index is 13.0. The molecule has 2 heterocycles. The van der Waals surface area contributed by atoms with Crippen LogP contribution in [0.5, 0.6) is 0 Å². The zero-order valence-corrected chi connectivity index (χ0v) is 16.1. The zero-order valence-electron chi connectivity index (χ0n) is 13.7. The van der Waals surface area contributed by atoms with Gasteiger partial charge in [0.25, 0.3) is 0 Å². The largest absolute Gasteiger partial charge is 0.359 e. The monoisotopic (exact) mass is 406 g/mol. The number of hydrogen-bond donors (Lipinski definition) is 1. The molecule has 1 aliphatic heterocycles. The predicted molar refractivity (Wildman–Crippen MR) is 102 cm³/mol. The molecule has 26 heavy (non-hydrogen) atoms. The fourth-order valence-electron chi connectivity index (χ4n) is 3.39. The SMILES string of the molecule is Cc1noc(C2c3ccccc3SC2(c2ccccc2)S(N)(=O)=O)c1Cl. The quantitative estimate of drug-likeness (QED) is 0.710. The summed E-state index contributed by atoms with van der Waals surface area (Å²) < 4.78 is 30.0. The molecule has 2 N–H and O–H groups in total. The van der Waals surface area contributed by atoms with Gasteiger partial charge in [0.15, 0.2) is 9.84 Å². The normalized spacial score (nSPS) is 22.3. The average Bonchev–Trinajstić information content (AvgIpc) is 3.14. The van der Waals surface area contributed by atoms with Crippen LogP contribution in [0.3, 0.4) is 0 Å². The van der Waals surface area contributed by atoms with Crippen molar-refractivity contribution in [1.82, 2.24) is 5.16 Å². The van der Waals surface area contributed by atoms with E-state index in [4.69, 9.17) is 21.3 Å². The minimum absolute atomic E-state index is 0.305. The minimum atomic E-state index is -4.07. The fraction of sp³-hybridized carbons (Fsp3) is 0.167. The number of aryl methyl sites for hydroxylation is 1. The van der Waals surface area contributed by atoms with Crippen LogP contribution < -0.4 is 5.14 Å². The molecular weight excluding hydrogens is 392 g/mol. The first-order valence-electron chi connectivity index (χ1n) is 7.83. The second kappa shape index (κ2) is 6.13. The molecule has 8 heteroatoms. The number of fused-ring (bicyclic) bond motifs is 1. The molecule has 0 amide bonds. The van der Waals surface area contributed by atoms with E-state index >= 15 is 0 Å². The van der Waals surface area contributed by atoms with E-state index in [-0.39, 0.29) is 0 Å². The smallest absolute Gasteiger partial charge is 0.229 e. The Morgan fingerprint density at radius 3 is 2.42 bits per heavy atom. The molecule has 4 rings (SSSR count). The Kier molecular flexibility index (Phi) is 4.15. The van der Waals surface area contributed by atoms with Crippen molar-refractivity contribution in [3.8, 4) is 0 Å². The number of rotatable bonds is 3. The summed E-state index contributed by atoms with van der Waals surface area (Å²) >= 11 is 7.62. The van der Waals surface area contributed by atoms with Crippen LogP contribution in [0.2, 0.25) is 5.02 Å². The molecule has 2 atom stereocenters. The summed E-state index contributed by atoms with van der Waals surface area (Å²) in [5, 5.41) is 10.1. The summed E-state index contributed by atoms with van der Waals surface area (Å²) in [6.45, 7) is 1.71. The molecule has 5 nitrogen and oxygen atoms in total. The molecule has 3 aromatic rings. The van der Waals surface area contributed by atoms with Gasteiger partial charge in [-0.05, 0) is 24.1 Å². The van der Waals surface area contributed by atoms with Crippen LogP contribution in [-0.2, 0) is 14.1 Å². The molecule has 2 aromatic carbocycles. The summed E-state index contributed by atoms with van der Waals surface area (Å²) in [7, 11) is -4.07. The van der Waals surface area contributed by atoms with Crippen LogP contribution in [0.4, 0.5) is 0 Å². The third-order valence-corrected chi connectivity index (χ3v) is 8.64. The Hall–Kier alpha value is -1.80. The molecule has 0 saturated carbocycles. The molecule has 134 valence electrons. The highest BCUT2D eigenvalue weighted by molar-refractivity contribution is 8.13. The Balaban J connectivity index is 2.09. The maximum absolute atomic E-state index is 13.0. The van der Waals surface area contributed by atoms with E-state index in [0.717, 1.165) is 10.5 Å². The van der Waals surface area contributed by atoms with Crippen molar-refractivity contribution in [2.75, 3.05) is 0 Å². The lowest BCUT2D eigenvalue weighted by Crippen LogP contribution is -2.41. The molecule has 1 aliphatic rings. The Morgan fingerprint density at radius 1 is 1.15 bits per heavy atom. The highest BCUT2D eigenvalue weighted by Crippen LogP contribution is 2.63. The number of nitrogens with two attached hydrogens (primary N) is 1. The van der Waals surface area contributed by atoms with Gasteiger partial charge in [0.2, 0.25) is 10.0 Å². The number of sulfonamides is 1. The lowest BCUT2D eigenvalue weighted by molar-refractivity contribution is 0.361. The Labute approximate surface area is 160 Å². The van der Waals surface area contributed by atoms with E-state index in [2.05, 4.69) is 5.16 Å². The number of aromatic nitrogens is 1. The van der Waals surface area contributed by atoms with Crippen molar-refractivity contribution in [2.24, 2.45) is 5.14 Å². The molecule has 0 radical (unpaired) electrons. The van der Waals surface area contributed by atoms with Gasteiger partial charge in [0, 0.05) is 4.90 Å². The Morgan fingerprint density at radius 2 is 1.81 bits per heavy atom. The molecule has 0 spiro atoms. The number of primary sulfonamides is 1. The third kappa shape index (κ3) is 2.42. The molecule has 1 aromatic heterocycles. The molecule has 0 fully saturated rings. The summed E-state index contributed by atoms with van der Waals surface area (Å²) in [6.07, 6.45) is 0. The van der Waals surface area contributed by atoms with Crippen molar-refractivity contribution in [3.63, 3.8) is 0 Å². The van der Waals surface area contributed by atoms with Gasteiger partial charge in [-0.25, -0.2) is 13.6 Å². The first kappa shape index (κ1) is 17.6. The first-order chi connectivity index (χ1) is 12.4. The molecule has 0 bridgehead atoms. The third-order valence-electron chi connectivity index (χ3n) is 4.55. The highest BCUT2D eigenvalue weighted by Gasteiger charge is 2.59. The van der Waals surface area contributed by atoms with Gasteiger partial charge in [-0.1, -0.05) is 77.1 Å². The van der Waals surface area contributed by atoms with Crippen LogP contribution in [0.1, 0.15) is 28.5 Å². The van der Waals surface area contributed by atoms with Gasteiger partial charge < -0.3 is 4.52 Å². The standard InChI is InChI=1S/C18H15ClN2O3S2/c1-11-16(19)17(24-21-11)15-13-9-5-6-10-14(13)25-18(15,26(20,22)23)12-7-3-2-4-8-12/h2-10,15H,1H3,(H2,20,22,23). The topological polar surface area (TPSA) is 86.2 Å². The summed E-state index contributed by atoms with van der Waals surface area (Å²) in [6, 6.07) is 16.4. The van der Waals surface area contributed by atoms with E-state index in [1.54, 1.807) is 31.2 Å². The van der Waals surface area contributed by atoms with E-state index < -0.39 is 20.0 Å². The van der Waals surface area contributed by atoms with Crippen LogP contribution in [0.25, 0.3) is 0 Å². The van der Waals surface area contributed by atoms with Crippen LogP contribution in [0.15, 0.2) is 64.0 Å². The van der Waals surface area contributed by atoms with Crippen molar-refractivity contribution in [1.29, 1.82) is 0 Å². The number of hydrogen-bond acceptors (Lipinski definition) is 5. The lowest BCUT2D eigenvalue weighted by atomic mass is 9.89. The second-order valence-corrected chi connectivity index (χ2v) is 9.76. The molecule has 2 unspecified atom stereocenters. The van der Waals surface area contributed by atoms with Crippen LogP contribution in [0, 0.1) is 6.92 Å². The van der Waals surface area contributed by atoms with E-state index in [9.17, 15) is 8.42 Å². The summed E-state index contributed by atoms with van der Waals surface area (Å²) in [5.41, 5.74) is 1.87. The van der Waals surface area contributed by atoms with Crippen LogP contribution in [-0.4, -0.2) is 13.6 Å².